The molecule has 1 aliphatic heterocycles. The third kappa shape index (κ3) is 3.67. The molecule has 9 nitrogen and oxygen atoms in total. The summed E-state index contributed by atoms with van der Waals surface area (Å²) >= 11 is 0. The lowest BCUT2D eigenvalue weighted by Crippen LogP contribution is -2.27. The highest BCUT2D eigenvalue weighted by atomic mass is 35.5. The predicted molar refractivity (Wildman–Crippen MR) is 116 cm³/mol. The fourth-order valence-electron chi connectivity index (χ4n) is 4.17. The number of hydrogen-bond acceptors (Lipinski definition) is 6. The molecule has 2 fully saturated rings. The quantitative estimate of drug-likeness (QED) is 0.659. The molecule has 0 radical (unpaired) electrons. The van der Waals surface area contributed by atoms with Crippen molar-refractivity contribution in [3.8, 4) is 0 Å². The molecular weight excluding hydrogens is 404 g/mol. The minimum absolute atomic E-state index is 0. The Bertz CT molecular complexity index is 1090. The van der Waals surface area contributed by atoms with Crippen LogP contribution in [0, 0.1) is 6.92 Å². The van der Waals surface area contributed by atoms with E-state index in [0.29, 0.717) is 23.3 Å². The first-order valence-corrected chi connectivity index (χ1v) is 10.3. The summed E-state index contributed by atoms with van der Waals surface area (Å²) in [5.41, 5.74) is 3.13. The number of nitrogens with zero attached hydrogens (tertiary/aromatic N) is 6. The summed E-state index contributed by atoms with van der Waals surface area (Å²) in [6.45, 7) is 3.86. The second-order valence-corrected chi connectivity index (χ2v) is 8.17. The van der Waals surface area contributed by atoms with Gasteiger partial charge in [-0.1, -0.05) is 0 Å². The van der Waals surface area contributed by atoms with Gasteiger partial charge in [0.15, 0.2) is 11.5 Å². The fourth-order valence-corrected chi connectivity index (χ4v) is 4.17. The van der Waals surface area contributed by atoms with Gasteiger partial charge in [0, 0.05) is 31.6 Å². The zero-order valence-electron chi connectivity index (χ0n) is 17.5. The van der Waals surface area contributed by atoms with Gasteiger partial charge < -0.3 is 5.32 Å². The first kappa shape index (κ1) is 20.7. The summed E-state index contributed by atoms with van der Waals surface area (Å²) in [4.78, 5) is 22.7. The van der Waals surface area contributed by atoms with E-state index in [9.17, 15) is 4.79 Å². The highest BCUT2D eigenvalue weighted by Crippen LogP contribution is 2.40. The summed E-state index contributed by atoms with van der Waals surface area (Å²) in [5, 5.41) is 16.2. The van der Waals surface area contributed by atoms with Crippen LogP contribution in [0.2, 0.25) is 0 Å². The minimum Gasteiger partial charge on any atom is -0.317 e. The van der Waals surface area contributed by atoms with Gasteiger partial charge in [0.1, 0.15) is 0 Å². The molecule has 10 heteroatoms. The van der Waals surface area contributed by atoms with Crippen molar-refractivity contribution >= 4 is 35.3 Å². The summed E-state index contributed by atoms with van der Waals surface area (Å²) in [6, 6.07) is 1.92. The third-order valence-corrected chi connectivity index (χ3v) is 5.94. The van der Waals surface area contributed by atoms with Crippen LogP contribution in [0.15, 0.2) is 6.07 Å². The van der Waals surface area contributed by atoms with Crippen molar-refractivity contribution in [2.45, 2.75) is 44.4 Å². The molecule has 0 aromatic carbocycles. The number of nitrogens with one attached hydrogen (secondary N) is 2. The van der Waals surface area contributed by atoms with E-state index in [1.165, 1.54) is 0 Å². The number of carbonyl (C=O) groups is 1. The zero-order chi connectivity index (χ0) is 20.1. The van der Waals surface area contributed by atoms with E-state index in [1.54, 1.807) is 9.36 Å². The molecule has 30 heavy (non-hydrogen) atoms. The van der Waals surface area contributed by atoms with Crippen molar-refractivity contribution in [1.82, 2.24) is 34.8 Å². The average molecular weight is 431 g/mol. The molecule has 0 unspecified atom stereocenters. The number of rotatable bonds is 4. The van der Waals surface area contributed by atoms with Crippen LogP contribution in [-0.4, -0.2) is 48.5 Å². The molecule has 1 amide bonds. The Hall–Kier alpha value is -2.52. The van der Waals surface area contributed by atoms with Gasteiger partial charge in [0.05, 0.1) is 16.6 Å². The second kappa shape index (κ2) is 7.96. The Morgan fingerprint density at radius 3 is 2.50 bits per heavy atom. The summed E-state index contributed by atoms with van der Waals surface area (Å²) in [5.74, 6) is 1.87. The molecule has 0 spiro atoms. The highest BCUT2D eigenvalue weighted by molar-refractivity contribution is 6.12. The van der Waals surface area contributed by atoms with Gasteiger partial charge in [-0.15, -0.1) is 12.4 Å². The maximum Gasteiger partial charge on any atom is 0.258 e. The van der Waals surface area contributed by atoms with Gasteiger partial charge in [-0.05, 0) is 51.8 Å². The maximum atomic E-state index is 13.3. The van der Waals surface area contributed by atoms with Crippen LogP contribution in [0.5, 0.6) is 0 Å². The van der Waals surface area contributed by atoms with Crippen LogP contribution in [0.4, 0.5) is 5.95 Å². The fraction of sp³-hybridized carbons (Fsp3) is 0.550. The van der Waals surface area contributed by atoms with Gasteiger partial charge in [0.25, 0.3) is 5.91 Å². The van der Waals surface area contributed by atoms with Gasteiger partial charge in [-0.3, -0.25) is 14.8 Å². The number of aromatic nitrogens is 6. The van der Waals surface area contributed by atoms with Crippen molar-refractivity contribution in [3.63, 3.8) is 0 Å². The number of hydrogen-bond donors (Lipinski definition) is 2. The normalized spacial score (nSPS) is 17.2. The first-order valence-electron chi connectivity index (χ1n) is 10.3. The topological polar surface area (TPSA) is 103 Å². The Balaban J connectivity index is 0.00000218. The molecule has 1 aliphatic carbocycles. The Kier molecular flexibility index (Phi) is 5.50. The maximum absolute atomic E-state index is 13.3. The van der Waals surface area contributed by atoms with Gasteiger partial charge in [-0.25, -0.2) is 9.67 Å². The Morgan fingerprint density at radius 1 is 1.07 bits per heavy atom. The molecule has 0 bridgehead atoms. The lowest BCUT2D eigenvalue weighted by molar-refractivity contribution is 0.102. The molecule has 5 rings (SSSR count). The number of halogens is 1. The van der Waals surface area contributed by atoms with E-state index in [0.717, 1.165) is 67.0 Å². The number of anilines is 1. The molecular formula is C20H27ClN8O. The molecule has 160 valence electrons. The summed E-state index contributed by atoms with van der Waals surface area (Å²) in [7, 11) is 3.69. The van der Waals surface area contributed by atoms with Crippen molar-refractivity contribution in [2.24, 2.45) is 14.1 Å². The van der Waals surface area contributed by atoms with Crippen molar-refractivity contribution in [3.05, 3.63) is 28.8 Å². The van der Waals surface area contributed by atoms with E-state index in [1.807, 2.05) is 27.1 Å². The SMILES string of the molecule is Cc1nn(C)c2nc(C3CC3)cc(C(=O)Nc3nc(C4CCNCC4)nn3C)c12.Cl. The highest BCUT2D eigenvalue weighted by Gasteiger charge is 2.29. The molecule has 3 aromatic heterocycles. The number of aryl methyl sites for hydroxylation is 3. The lowest BCUT2D eigenvalue weighted by Gasteiger charge is -2.19. The monoisotopic (exact) mass is 430 g/mol. The number of pyridine rings is 1. The molecule has 0 atom stereocenters. The smallest absolute Gasteiger partial charge is 0.258 e. The van der Waals surface area contributed by atoms with Crippen LogP contribution in [0.3, 0.4) is 0 Å². The van der Waals surface area contributed by atoms with E-state index in [-0.39, 0.29) is 18.3 Å². The molecule has 3 aromatic rings. The molecule has 1 saturated carbocycles. The van der Waals surface area contributed by atoms with Crippen molar-refractivity contribution in [2.75, 3.05) is 18.4 Å². The van der Waals surface area contributed by atoms with Crippen LogP contribution in [0.1, 0.15) is 65.1 Å². The predicted octanol–water partition coefficient (Wildman–Crippen LogP) is 2.42. The minimum atomic E-state index is -0.192. The van der Waals surface area contributed by atoms with E-state index in [4.69, 9.17) is 4.98 Å². The van der Waals surface area contributed by atoms with Gasteiger partial charge >= 0.3 is 0 Å². The summed E-state index contributed by atoms with van der Waals surface area (Å²) in [6.07, 6.45) is 4.28. The molecule has 4 heterocycles. The molecule has 2 aliphatic rings. The second-order valence-electron chi connectivity index (χ2n) is 8.17. The standard InChI is InChI=1S/C20H26N8O.ClH/c1-11-16-14(10-15(12-4-5-12)22-18(16)27(2)25-11)19(29)24-20-23-17(26-28(20)3)13-6-8-21-9-7-13;/h10,12-13,21H,4-9H2,1-3H3,(H,23,24,26,29);1H. The number of amides is 1. The summed E-state index contributed by atoms with van der Waals surface area (Å²) < 4.78 is 3.41. The average Bonchev–Trinajstić information content (AvgIpc) is 3.45. The Morgan fingerprint density at radius 2 is 1.80 bits per heavy atom. The lowest BCUT2D eigenvalue weighted by atomic mass is 9.98. The van der Waals surface area contributed by atoms with Crippen LogP contribution >= 0.6 is 12.4 Å². The number of fused-ring (bicyclic) bond motifs is 1. The number of piperidine rings is 1. The molecule has 2 N–H and O–H groups in total. The first-order chi connectivity index (χ1) is 14.0. The van der Waals surface area contributed by atoms with Crippen molar-refractivity contribution in [1.29, 1.82) is 0 Å². The van der Waals surface area contributed by atoms with Gasteiger partial charge in [-0.2, -0.15) is 15.2 Å². The van der Waals surface area contributed by atoms with Crippen LogP contribution < -0.4 is 10.6 Å². The van der Waals surface area contributed by atoms with Crippen LogP contribution in [0.25, 0.3) is 11.0 Å². The van der Waals surface area contributed by atoms with E-state index < -0.39 is 0 Å². The number of carbonyl (C=O) groups excluding carboxylic acids is 1. The Labute approximate surface area is 181 Å². The van der Waals surface area contributed by atoms with E-state index >= 15 is 0 Å². The largest absolute Gasteiger partial charge is 0.317 e. The van der Waals surface area contributed by atoms with Gasteiger partial charge in [0.2, 0.25) is 5.95 Å². The van der Waals surface area contributed by atoms with Crippen molar-refractivity contribution < 1.29 is 4.79 Å². The third-order valence-electron chi connectivity index (χ3n) is 5.94. The van der Waals surface area contributed by atoms with Crippen LogP contribution in [-0.2, 0) is 14.1 Å². The zero-order valence-corrected chi connectivity index (χ0v) is 18.3. The van der Waals surface area contributed by atoms with E-state index in [2.05, 4.69) is 25.8 Å². The molecule has 1 saturated heterocycles.